The molecule has 0 aromatic carbocycles. The number of nitrogens with two attached hydrogens (primary N) is 1. The molecule has 0 aliphatic heterocycles. The Kier molecular flexibility index (Phi) is 2.44. The predicted octanol–water partition coefficient (Wildman–Crippen LogP) is 1.09. The molecule has 1 fully saturated rings. The topological polar surface area (TPSA) is 43.1 Å². The first-order valence-corrected chi connectivity index (χ1v) is 4.04. The van der Waals surface area contributed by atoms with Gasteiger partial charge < -0.3 is 5.73 Å². The van der Waals surface area contributed by atoms with Crippen molar-refractivity contribution >= 4 is 5.78 Å². The SMILES string of the molecule is CCC(=O)[C@@H]1CCC[C@@H]1N. The van der Waals surface area contributed by atoms with Crippen molar-refractivity contribution in [3.8, 4) is 0 Å². The van der Waals surface area contributed by atoms with E-state index in [-0.39, 0.29) is 12.0 Å². The minimum absolute atomic E-state index is 0.160. The van der Waals surface area contributed by atoms with Gasteiger partial charge in [-0.15, -0.1) is 0 Å². The fourth-order valence-corrected chi connectivity index (χ4v) is 1.65. The van der Waals surface area contributed by atoms with Gasteiger partial charge in [0.15, 0.2) is 0 Å². The Balaban J connectivity index is 2.46. The van der Waals surface area contributed by atoms with Crippen molar-refractivity contribution in [2.45, 2.75) is 38.6 Å². The summed E-state index contributed by atoms with van der Waals surface area (Å²) in [5.41, 5.74) is 5.73. The molecule has 2 N–H and O–H groups in total. The zero-order valence-corrected chi connectivity index (χ0v) is 6.47. The molecule has 0 heterocycles. The molecule has 0 amide bonds. The zero-order chi connectivity index (χ0) is 7.56. The van der Waals surface area contributed by atoms with Gasteiger partial charge in [0.1, 0.15) is 5.78 Å². The Morgan fingerprint density at radius 1 is 1.60 bits per heavy atom. The van der Waals surface area contributed by atoms with Crippen LogP contribution in [0.3, 0.4) is 0 Å². The summed E-state index contributed by atoms with van der Waals surface area (Å²) in [6, 6.07) is 0.160. The van der Waals surface area contributed by atoms with Gasteiger partial charge in [-0.25, -0.2) is 0 Å². The first kappa shape index (κ1) is 7.73. The number of hydrogen-bond acceptors (Lipinski definition) is 2. The van der Waals surface area contributed by atoms with Crippen molar-refractivity contribution < 1.29 is 4.79 Å². The lowest BCUT2D eigenvalue weighted by Gasteiger charge is -2.11. The molecule has 1 aliphatic carbocycles. The Hall–Kier alpha value is -0.370. The maximum absolute atomic E-state index is 11.1. The van der Waals surface area contributed by atoms with Crippen LogP contribution in [0.5, 0.6) is 0 Å². The van der Waals surface area contributed by atoms with Crippen molar-refractivity contribution in [1.82, 2.24) is 0 Å². The fraction of sp³-hybridized carbons (Fsp3) is 0.875. The van der Waals surface area contributed by atoms with Crippen molar-refractivity contribution in [3.05, 3.63) is 0 Å². The van der Waals surface area contributed by atoms with Gasteiger partial charge in [-0.1, -0.05) is 13.3 Å². The molecule has 58 valence electrons. The molecule has 0 aromatic rings. The maximum Gasteiger partial charge on any atom is 0.137 e. The van der Waals surface area contributed by atoms with E-state index in [1.165, 1.54) is 0 Å². The number of rotatable bonds is 2. The summed E-state index contributed by atoms with van der Waals surface area (Å²) in [6.45, 7) is 1.91. The minimum atomic E-state index is 0.160. The molecule has 2 atom stereocenters. The first-order chi connectivity index (χ1) is 4.75. The smallest absolute Gasteiger partial charge is 0.137 e. The van der Waals surface area contributed by atoms with E-state index < -0.39 is 0 Å². The van der Waals surface area contributed by atoms with Crippen LogP contribution in [0.25, 0.3) is 0 Å². The van der Waals surface area contributed by atoms with Crippen molar-refractivity contribution in [2.75, 3.05) is 0 Å². The molecule has 2 nitrogen and oxygen atoms in total. The average Bonchev–Trinajstić information content (AvgIpc) is 2.34. The second-order valence-electron chi connectivity index (χ2n) is 3.02. The Morgan fingerprint density at radius 2 is 2.30 bits per heavy atom. The van der Waals surface area contributed by atoms with Crippen LogP contribution in [0, 0.1) is 5.92 Å². The summed E-state index contributed by atoms with van der Waals surface area (Å²) in [6.07, 6.45) is 3.85. The second-order valence-corrected chi connectivity index (χ2v) is 3.02. The van der Waals surface area contributed by atoms with E-state index in [9.17, 15) is 4.79 Å². The second kappa shape index (κ2) is 3.15. The molecule has 0 bridgehead atoms. The third kappa shape index (κ3) is 1.37. The number of Topliss-reactive ketones (excluding diaryl/α,β-unsaturated/α-hetero) is 1. The fourth-order valence-electron chi connectivity index (χ4n) is 1.65. The van der Waals surface area contributed by atoms with Crippen LogP contribution in [0.1, 0.15) is 32.6 Å². The van der Waals surface area contributed by atoms with Gasteiger partial charge in [0, 0.05) is 18.4 Å². The molecule has 0 radical (unpaired) electrons. The van der Waals surface area contributed by atoms with Crippen LogP contribution in [-0.2, 0) is 4.79 Å². The molecular weight excluding hydrogens is 126 g/mol. The molecule has 0 spiro atoms. The van der Waals surface area contributed by atoms with Crippen LogP contribution in [-0.4, -0.2) is 11.8 Å². The normalized spacial score (nSPS) is 32.6. The average molecular weight is 141 g/mol. The van der Waals surface area contributed by atoms with Crippen LogP contribution >= 0.6 is 0 Å². The lowest BCUT2D eigenvalue weighted by molar-refractivity contribution is -0.122. The summed E-state index contributed by atoms with van der Waals surface area (Å²) < 4.78 is 0. The highest BCUT2D eigenvalue weighted by Gasteiger charge is 2.28. The lowest BCUT2D eigenvalue weighted by Crippen LogP contribution is -2.30. The molecule has 0 aromatic heterocycles. The molecule has 0 saturated heterocycles. The molecule has 0 unspecified atom stereocenters. The van der Waals surface area contributed by atoms with Gasteiger partial charge in [-0.3, -0.25) is 4.79 Å². The monoisotopic (exact) mass is 141 g/mol. The van der Waals surface area contributed by atoms with E-state index in [0.717, 1.165) is 19.3 Å². The molecule has 10 heavy (non-hydrogen) atoms. The lowest BCUT2D eigenvalue weighted by atomic mass is 9.97. The van der Waals surface area contributed by atoms with Crippen LogP contribution < -0.4 is 5.73 Å². The zero-order valence-electron chi connectivity index (χ0n) is 6.47. The van der Waals surface area contributed by atoms with Crippen LogP contribution in [0.4, 0.5) is 0 Å². The van der Waals surface area contributed by atoms with Gasteiger partial charge in [0.2, 0.25) is 0 Å². The predicted molar refractivity (Wildman–Crippen MR) is 40.6 cm³/mol. The number of hydrogen-bond donors (Lipinski definition) is 1. The van der Waals surface area contributed by atoms with E-state index >= 15 is 0 Å². The van der Waals surface area contributed by atoms with Crippen molar-refractivity contribution in [3.63, 3.8) is 0 Å². The van der Waals surface area contributed by atoms with Gasteiger partial charge in [0.25, 0.3) is 0 Å². The third-order valence-corrected chi connectivity index (χ3v) is 2.33. The Morgan fingerprint density at radius 3 is 2.70 bits per heavy atom. The summed E-state index contributed by atoms with van der Waals surface area (Å²) >= 11 is 0. The highest BCUT2D eigenvalue weighted by atomic mass is 16.1. The van der Waals surface area contributed by atoms with Crippen molar-refractivity contribution in [2.24, 2.45) is 11.7 Å². The minimum Gasteiger partial charge on any atom is -0.327 e. The molecule has 1 saturated carbocycles. The van der Waals surface area contributed by atoms with E-state index in [4.69, 9.17) is 5.73 Å². The number of carbonyl (C=O) groups is 1. The Labute approximate surface area is 61.8 Å². The molecular formula is C8H15NO. The van der Waals surface area contributed by atoms with E-state index in [2.05, 4.69) is 0 Å². The van der Waals surface area contributed by atoms with Gasteiger partial charge in [0.05, 0.1) is 0 Å². The van der Waals surface area contributed by atoms with Gasteiger partial charge >= 0.3 is 0 Å². The molecule has 2 heteroatoms. The maximum atomic E-state index is 11.1. The highest BCUT2D eigenvalue weighted by Crippen LogP contribution is 2.25. The Bertz CT molecular complexity index is 133. The largest absolute Gasteiger partial charge is 0.327 e. The number of ketones is 1. The van der Waals surface area contributed by atoms with E-state index in [0.29, 0.717) is 12.2 Å². The van der Waals surface area contributed by atoms with Gasteiger partial charge in [-0.2, -0.15) is 0 Å². The summed E-state index contributed by atoms with van der Waals surface area (Å²) in [5, 5.41) is 0. The third-order valence-electron chi connectivity index (χ3n) is 2.33. The summed E-state index contributed by atoms with van der Waals surface area (Å²) in [5.74, 6) is 0.537. The van der Waals surface area contributed by atoms with Gasteiger partial charge in [-0.05, 0) is 12.8 Å². The van der Waals surface area contributed by atoms with Crippen LogP contribution in [0.2, 0.25) is 0 Å². The highest BCUT2D eigenvalue weighted by molar-refractivity contribution is 5.81. The number of carbonyl (C=O) groups excluding carboxylic acids is 1. The first-order valence-electron chi connectivity index (χ1n) is 4.04. The van der Waals surface area contributed by atoms with Crippen molar-refractivity contribution in [1.29, 1.82) is 0 Å². The quantitative estimate of drug-likeness (QED) is 0.625. The standard InChI is InChI=1S/C8H15NO/c1-2-8(10)6-4-3-5-7(6)9/h6-7H,2-5,9H2,1H3/t6-,7+/m1/s1. The van der Waals surface area contributed by atoms with Crippen LogP contribution in [0.15, 0.2) is 0 Å². The van der Waals surface area contributed by atoms with E-state index in [1.54, 1.807) is 0 Å². The summed E-state index contributed by atoms with van der Waals surface area (Å²) in [4.78, 5) is 11.1. The summed E-state index contributed by atoms with van der Waals surface area (Å²) in [7, 11) is 0. The van der Waals surface area contributed by atoms with E-state index in [1.807, 2.05) is 6.92 Å². The molecule has 1 rings (SSSR count). The molecule has 1 aliphatic rings.